The summed E-state index contributed by atoms with van der Waals surface area (Å²) < 4.78 is 6.34. The van der Waals surface area contributed by atoms with Crippen LogP contribution in [0.1, 0.15) is 18.5 Å². The summed E-state index contributed by atoms with van der Waals surface area (Å²) in [6, 6.07) is 9.34. The van der Waals surface area contributed by atoms with Crippen LogP contribution in [0.15, 0.2) is 40.9 Å². The second kappa shape index (κ2) is 6.43. The number of nitro benzene ring substituents is 1. The van der Waals surface area contributed by atoms with Crippen LogP contribution in [0, 0.1) is 10.1 Å². The van der Waals surface area contributed by atoms with Crippen molar-refractivity contribution in [3.8, 4) is 11.5 Å². The van der Waals surface area contributed by atoms with E-state index in [-0.39, 0.29) is 17.5 Å². The second-order valence-electron chi connectivity index (χ2n) is 4.45. The number of non-ortho nitro benzene ring substituents is 1. The zero-order chi connectivity index (χ0) is 15.6. The molecule has 0 aliphatic rings. The average molecular weight is 372 g/mol. The van der Waals surface area contributed by atoms with Gasteiger partial charge >= 0.3 is 0 Å². The molecule has 1 unspecified atom stereocenters. The van der Waals surface area contributed by atoms with E-state index in [0.29, 0.717) is 15.2 Å². The Morgan fingerprint density at radius 3 is 2.57 bits per heavy atom. The molecule has 0 radical (unpaired) electrons. The second-order valence-corrected chi connectivity index (χ2v) is 5.71. The van der Waals surface area contributed by atoms with E-state index in [4.69, 9.17) is 22.1 Å². The Hall–Kier alpha value is -1.63. The quantitative estimate of drug-likeness (QED) is 0.617. The molecule has 7 heteroatoms. The van der Waals surface area contributed by atoms with E-state index in [9.17, 15) is 10.1 Å². The zero-order valence-electron chi connectivity index (χ0n) is 11.0. The smallest absolute Gasteiger partial charge is 0.273 e. The highest BCUT2D eigenvalue weighted by Gasteiger charge is 2.13. The van der Waals surface area contributed by atoms with Gasteiger partial charge in [-0.1, -0.05) is 17.7 Å². The molecular weight excluding hydrogens is 360 g/mol. The van der Waals surface area contributed by atoms with Crippen LogP contribution in [0.5, 0.6) is 11.5 Å². The van der Waals surface area contributed by atoms with Gasteiger partial charge in [-0.15, -0.1) is 0 Å². The Kier molecular flexibility index (Phi) is 4.82. The molecular formula is C14H12BrClN2O3. The monoisotopic (exact) mass is 370 g/mol. The third-order valence-corrected chi connectivity index (χ3v) is 3.76. The minimum Gasteiger partial charge on any atom is -0.454 e. The lowest BCUT2D eigenvalue weighted by Gasteiger charge is -2.12. The number of benzene rings is 2. The number of nitro groups is 1. The number of hydrogen-bond donors (Lipinski definition) is 1. The van der Waals surface area contributed by atoms with Crippen LogP contribution in [0.3, 0.4) is 0 Å². The number of nitrogens with zero attached hydrogens (tertiary/aromatic N) is 1. The predicted molar refractivity (Wildman–Crippen MR) is 84.9 cm³/mol. The maximum absolute atomic E-state index is 10.8. The largest absolute Gasteiger partial charge is 0.454 e. The minimum atomic E-state index is -0.503. The number of halogens is 2. The molecule has 0 fully saturated rings. The van der Waals surface area contributed by atoms with Crippen LogP contribution in [-0.2, 0) is 0 Å². The van der Waals surface area contributed by atoms with E-state index in [1.54, 1.807) is 6.07 Å². The summed E-state index contributed by atoms with van der Waals surface area (Å²) in [6.07, 6.45) is 0. The van der Waals surface area contributed by atoms with Crippen LogP contribution in [0.4, 0.5) is 5.69 Å². The van der Waals surface area contributed by atoms with Gasteiger partial charge in [-0.3, -0.25) is 10.1 Å². The van der Waals surface area contributed by atoms with Gasteiger partial charge in [0.1, 0.15) is 5.75 Å². The highest BCUT2D eigenvalue weighted by atomic mass is 79.9. The normalized spacial score (nSPS) is 12.0. The first-order valence-corrected chi connectivity index (χ1v) is 7.22. The molecule has 0 aromatic heterocycles. The van der Waals surface area contributed by atoms with Crippen LogP contribution in [0.25, 0.3) is 0 Å². The van der Waals surface area contributed by atoms with Crippen molar-refractivity contribution in [2.24, 2.45) is 5.73 Å². The molecule has 2 rings (SSSR count). The van der Waals surface area contributed by atoms with Gasteiger partial charge in [-0.2, -0.15) is 0 Å². The molecule has 110 valence electrons. The van der Waals surface area contributed by atoms with E-state index in [1.807, 2.05) is 19.1 Å². The molecule has 0 bridgehead atoms. The highest BCUT2D eigenvalue weighted by molar-refractivity contribution is 9.10. The molecule has 0 saturated carbocycles. The number of hydrogen-bond acceptors (Lipinski definition) is 4. The predicted octanol–water partition coefficient (Wildman–Crippen LogP) is 4.82. The third kappa shape index (κ3) is 3.72. The Bertz CT molecular complexity index is 692. The van der Waals surface area contributed by atoms with Gasteiger partial charge in [-0.05, 0) is 46.6 Å². The van der Waals surface area contributed by atoms with E-state index in [1.165, 1.54) is 18.2 Å². The van der Waals surface area contributed by atoms with Crippen molar-refractivity contribution in [2.45, 2.75) is 13.0 Å². The lowest BCUT2D eigenvalue weighted by Crippen LogP contribution is -2.04. The first-order chi connectivity index (χ1) is 9.88. The molecule has 0 spiro atoms. The summed E-state index contributed by atoms with van der Waals surface area (Å²) in [5.74, 6) is 0.724. The molecule has 0 heterocycles. The topological polar surface area (TPSA) is 78.4 Å². The van der Waals surface area contributed by atoms with E-state index < -0.39 is 4.92 Å². The molecule has 1 atom stereocenters. The molecule has 21 heavy (non-hydrogen) atoms. The Morgan fingerprint density at radius 2 is 2.00 bits per heavy atom. The van der Waals surface area contributed by atoms with Gasteiger partial charge in [0.2, 0.25) is 0 Å². The van der Waals surface area contributed by atoms with Crippen molar-refractivity contribution in [1.82, 2.24) is 0 Å². The molecule has 2 aromatic rings. The summed E-state index contributed by atoms with van der Waals surface area (Å²) in [5.41, 5.74) is 6.66. The molecule has 0 saturated heterocycles. The number of rotatable bonds is 4. The number of nitrogens with two attached hydrogens (primary N) is 1. The van der Waals surface area contributed by atoms with Gasteiger partial charge in [0.25, 0.3) is 5.69 Å². The SMILES string of the molecule is CC(N)c1ccc(Oc2cc([N+](=O)[O-])ccc2Cl)c(Br)c1. The standard InChI is InChI=1S/C14H12BrClN2O3/c1-8(17)9-2-5-13(11(15)6-9)21-14-7-10(18(19)20)3-4-12(14)16/h2-8H,17H2,1H3. The van der Waals surface area contributed by atoms with Gasteiger partial charge in [0.15, 0.2) is 5.75 Å². The molecule has 0 aliphatic heterocycles. The Labute approximate surface area is 134 Å². The third-order valence-electron chi connectivity index (χ3n) is 2.83. The summed E-state index contributed by atoms with van der Waals surface area (Å²) in [4.78, 5) is 10.3. The fourth-order valence-corrected chi connectivity index (χ4v) is 2.32. The molecule has 0 aliphatic carbocycles. The average Bonchev–Trinajstić information content (AvgIpc) is 2.42. The minimum absolute atomic E-state index is 0.0854. The van der Waals surface area contributed by atoms with Gasteiger partial charge in [-0.25, -0.2) is 0 Å². The van der Waals surface area contributed by atoms with Gasteiger partial charge in [0.05, 0.1) is 20.5 Å². The van der Waals surface area contributed by atoms with Crippen molar-refractivity contribution in [3.05, 3.63) is 61.6 Å². The maximum atomic E-state index is 10.8. The van der Waals surface area contributed by atoms with E-state index in [2.05, 4.69) is 15.9 Å². The Morgan fingerprint density at radius 1 is 1.29 bits per heavy atom. The molecule has 2 N–H and O–H groups in total. The summed E-state index contributed by atoms with van der Waals surface area (Å²) >= 11 is 9.39. The van der Waals surface area contributed by atoms with E-state index >= 15 is 0 Å². The first kappa shape index (κ1) is 15.8. The molecule has 0 amide bonds. The Balaban J connectivity index is 2.34. The van der Waals surface area contributed by atoms with Crippen molar-refractivity contribution in [3.63, 3.8) is 0 Å². The van der Waals surface area contributed by atoms with Crippen molar-refractivity contribution in [2.75, 3.05) is 0 Å². The van der Waals surface area contributed by atoms with Gasteiger partial charge < -0.3 is 10.5 Å². The first-order valence-electron chi connectivity index (χ1n) is 6.05. The van der Waals surface area contributed by atoms with Crippen molar-refractivity contribution < 1.29 is 9.66 Å². The van der Waals surface area contributed by atoms with Crippen LogP contribution < -0.4 is 10.5 Å². The zero-order valence-corrected chi connectivity index (χ0v) is 13.4. The number of ether oxygens (including phenoxy) is 1. The lowest BCUT2D eigenvalue weighted by molar-refractivity contribution is -0.384. The van der Waals surface area contributed by atoms with Crippen molar-refractivity contribution >= 4 is 33.2 Å². The van der Waals surface area contributed by atoms with Crippen LogP contribution in [-0.4, -0.2) is 4.92 Å². The van der Waals surface area contributed by atoms with Crippen molar-refractivity contribution in [1.29, 1.82) is 0 Å². The summed E-state index contributed by atoms with van der Waals surface area (Å²) in [6.45, 7) is 1.87. The fraction of sp³-hybridized carbons (Fsp3) is 0.143. The fourth-order valence-electron chi connectivity index (χ4n) is 1.69. The van der Waals surface area contributed by atoms with E-state index in [0.717, 1.165) is 5.56 Å². The summed E-state index contributed by atoms with van der Waals surface area (Å²) in [5, 5.41) is 11.1. The van der Waals surface area contributed by atoms with Gasteiger partial charge in [0, 0.05) is 12.1 Å². The maximum Gasteiger partial charge on any atom is 0.273 e. The summed E-state index contributed by atoms with van der Waals surface area (Å²) in [7, 11) is 0. The van der Waals surface area contributed by atoms with Crippen LogP contribution in [0.2, 0.25) is 5.02 Å². The highest BCUT2D eigenvalue weighted by Crippen LogP contribution is 2.36. The molecule has 2 aromatic carbocycles. The lowest BCUT2D eigenvalue weighted by atomic mass is 10.1. The molecule has 5 nitrogen and oxygen atoms in total. The van der Waals surface area contributed by atoms with Crippen LogP contribution >= 0.6 is 27.5 Å².